The van der Waals surface area contributed by atoms with Crippen LogP contribution in [0.2, 0.25) is 0 Å². The Bertz CT molecular complexity index is 489. The Labute approximate surface area is 134 Å². The molecule has 0 radical (unpaired) electrons. The highest BCUT2D eigenvalue weighted by atomic mass is 16.5. The van der Waals surface area contributed by atoms with Gasteiger partial charge >= 0.3 is 0 Å². The van der Waals surface area contributed by atoms with Gasteiger partial charge in [-0.2, -0.15) is 5.26 Å². The summed E-state index contributed by atoms with van der Waals surface area (Å²) in [5.74, 6) is 0.567. The highest BCUT2D eigenvalue weighted by Gasteiger charge is 2.19. The van der Waals surface area contributed by atoms with Crippen LogP contribution in [0, 0.1) is 17.2 Å². The van der Waals surface area contributed by atoms with Crippen molar-refractivity contribution in [3.05, 3.63) is 47.5 Å². The minimum Gasteiger partial charge on any atom is -0.374 e. The Morgan fingerprint density at radius 2 is 1.82 bits per heavy atom. The lowest BCUT2D eigenvalue weighted by atomic mass is 9.87. The van der Waals surface area contributed by atoms with Crippen molar-refractivity contribution in [2.75, 3.05) is 0 Å². The second-order valence-electron chi connectivity index (χ2n) is 6.26. The van der Waals surface area contributed by atoms with Crippen LogP contribution in [0.5, 0.6) is 0 Å². The van der Waals surface area contributed by atoms with E-state index >= 15 is 0 Å². The number of rotatable bonds is 7. The van der Waals surface area contributed by atoms with Crippen molar-refractivity contribution in [2.45, 2.75) is 64.6 Å². The Balaban J connectivity index is 1.70. The SMILES string of the molecule is CCCCc1ccc(COC2CCC(C=CC#N)CC2)cc1. The molecule has 2 rings (SSSR count). The summed E-state index contributed by atoms with van der Waals surface area (Å²) in [4.78, 5) is 0. The smallest absolute Gasteiger partial charge is 0.0908 e. The number of unbranched alkanes of at least 4 members (excludes halogenated alkanes) is 1. The van der Waals surface area contributed by atoms with Crippen LogP contribution in [-0.4, -0.2) is 6.10 Å². The van der Waals surface area contributed by atoms with E-state index in [1.807, 2.05) is 6.08 Å². The normalized spacial score (nSPS) is 21.8. The minimum absolute atomic E-state index is 0.381. The molecule has 0 bridgehead atoms. The van der Waals surface area contributed by atoms with E-state index in [1.165, 1.54) is 30.4 Å². The average Bonchev–Trinajstić information content (AvgIpc) is 2.58. The molecule has 1 aromatic rings. The van der Waals surface area contributed by atoms with Gasteiger partial charge in [0.05, 0.1) is 18.8 Å². The van der Waals surface area contributed by atoms with Crippen LogP contribution in [0.15, 0.2) is 36.4 Å². The van der Waals surface area contributed by atoms with Crippen molar-refractivity contribution in [2.24, 2.45) is 5.92 Å². The van der Waals surface area contributed by atoms with Crippen molar-refractivity contribution >= 4 is 0 Å². The third kappa shape index (κ3) is 5.66. The van der Waals surface area contributed by atoms with E-state index in [1.54, 1.807) is 6.08 Å². The Hall–Kier alpha value is -1.59. The van der Waals surface area contributed by atoms with E-state index in [4.69, 9.17) is 10.00 Å². The fourth-order valence-corrected chi connectivity index (χ4v) is 3.02. The van der Waals surface area contributed by atoms with E-state index < -0.39 is 0 Å². The fraction of sp³-hybridized carbons (Fsp3) is 0.550. The van der Waals surface area contributed by atoms with Crippen molar-refractivity contribution in [3.63, 3.8) is 0 Å². The van der Waals surface area contributed by atoms with E-state index in [2.05, 4.69) is 37.3 Å². The molecule has 0 atom stereocenters. The van der Waals surface area contributed by atoms with Crippen LogP contribution in [0.4, 0.5) is 0 Å². The Kier molecular flexibility index (Phi) is 7.19. The highest BCUT2D eigenvalue weighted by Crippen LogP contribution is 2.27. The second kappa shape index (κ2) is 9.43. The lowest BCUT2D eigenvalue weighted by Crippen LogP contribution is -2.20. The monoisotopic (exact) mass is 297 g/mol. The summed E-state index contributed by atoms with van der Waals surface area (Å²) in [5, 5.41) is 8.56. The first-order valence-corrected chi connectivity index (χ1v) is 8.57. The van der Waals surface area contributed by atoms with Gasteiger partial charge in [0.15, 0.2) is 0 Å². The number of benzene rings is 1. The van der Waals surface area contributed by atoms with Crippen molar-refractivity contribution in [1.82, 2.24) is 0 Å². The highest BCUT2D eigenvalue weighted by molar-refractivity contribution is 5.22. The molecule has 0 heterocycles. The Morgan fingerprint density at radius 1 is 1.14 bits per heavy atom. The van der Waals surface area contributed by atoms with Crippen molar-refractivity contribution in [1.29, 1.82) is 5.26 Å². The van der Waals surface area contributed by atoms with Crippen LogP contribution >= 0.6 is 0 Å². The third-order valence-electron chi connectivity index (χ3n) is 4.49. The topological polar surface area (TPSA) is 33.0 Å². The molecule has 0 unspecified atom stereocenters. The average molecular weight is 297 g/mol. The van der Waals surface area contributed by atoms with Gasteiger partial charge in [-0.3, -0.25) is 0 Å². The van der Waals surface area contributed by atoms with Gasteiger partial charge in [-0.1, -0.05) is 43.7 Å². The van der Waals surface area contributed by atoms with Gasteiger partial charge < -0.3 is 4.74 Å². The molecule has 0 saturated heterocycles. The van der Waals surface area contributed by atoms with Gasteiger partial charge in [0.25, 0.3) is 0 Å². The van der Waals surface area contributed by atoms with E-state index in [9.17, 15) is 0 Å². The summed E-state index contributed by atoms with van der Waals surface area (Å²) >= 11 is 0. The van der Waals surface area contributed by atoms with E-state index in [0.717, 1.165) is 32.3 Å². The summed E-state index contributed by atoms with van der Waals surface area (Å²) in [6, 6.07) is 10.9. The molecule has 1 aliphatic carbocycles. The molecule has 2 nitrogen and oxygen atoms in total. The van der Waals surface area contributed by atoms with Gasteiger partial charge in [0, 0.05) is 6.08 Å². The zero-order valence-corrected chi connectivity index (χ0v) is 13.6. The first-order chi connectivity index (χ1) is 10.8. The maximum absolute atomic E-state index is 8.56. The number of allylic oxidation sites excluding steroid dienone is 2. The van der Waals surface area contributed by atoms with Crippen LogP contribution in [0.25, 0.3) is 0 Å². The molecule has 0 aliphatic heterocycles. The summed E-state index contributed by atoms with van der Waals surface area (Å²) in [5.41, 5.74) is 2.70. The van der Waals surface area contributed by atoms with Gasteiger partial charge in [-0.15, -0.1) is 0 Å². The van der Waals surface area contributed by atoms with E-state index in [0.29, 0.717) is 12.0 Å². The zero-order valence-electron chi connectivity index (χ0n) is 13.6. The maximum atomic E-state index is 8.56. The van der Waals surface area contributed by atoms with Crippen molar-refractivity contribution < 1.29 is 4.74 Å². The lowest BCUT2D eigenvalue weighted by molar-refractivity contribution is 0.0110. The Morgan fingerprint density at radius 3 is 2.45 bits per heavy atom. The molecule has 0 aromatic heterocycles. The molecular formula is C20H27NO. The number of nitrogens with zero attached hydrogens (tertiary/aromatic N) is 1. The van der Waals surface area contributed by atoms with Gasteiger partial charge in [-0.05, 0) is 55.6 Å². The molecule has 1 aromatic carbocycles. The second-order valence-corrected chi connectivity index (χ2v) is 6.26. The minimum atomic E-state index is 0.381. The largest absolute Gasteiger partial charge is 0.374 e. The number of aryl methyl sites for hydroxylation is 1. The molecule has 118 valence electrons. The van der Waals surface area contributed by atoms with Crippen LogP contribution in [0.1, 0.15) is 56.6 Å². The standard InChI is InChI=1S/C20H27NO/c1-2-3-5-17-7-9-19(10-8-17)16-22-20-13-11-18(12-14-20)6-4-15-21/h4,6-10,18,20H,2-3,5,11-14,16H2,1H3. The third-order valence-corrected chi connectivity index (χ3v) is 4.49. The van der Waals surface area contributed by atoms with Gasteiger partial charge in [0.2, 0.25) is 0 Å². The summed E-state index contributed by atoms with van der Waals surface area (Å²) in [6.07, 6.45) is 12.2. The molecular weight excluding hydrogens is 270 g/mol. The molecule has 0 amide bonds. The van der Waals surface area contributed by atoms with E-state index in [-0.39, 0.29) is 0 Å². The van der Waals surface area contributed by atoms with Gasteiger partial charge in [0.1, 0.15) is 0 Å². The molecule has 0 N–H and O–H groups in total. The molecule has 2 heteroatoms. The number of hydrogen-bond acceptors (Lipinski definition) is 2. The zero-order chi connectivity index (χ0) is 15.6. The van der Waals surface area contributed by atoms with Crippen LogP contribution in [0.3, 0.4) is 0 Å². The summed E-state index contributed by atoms with van der Waals surface area (Å²) in [7, 11) is 0. The first kappa shape index (κ1) is 16.8. The molecule has 1 fully saturated rings. The predicted molar refractivity (Wildman–Crippen MR) is 90.3 cm³/mol. The number of nitriles is 1. The first-order valence-electron chi connectivity index (χ1n) is 8.57. The fourth-order valence-electron chi connectivity index (χ4n) is 3.02. The lowest BCUT2D eigenvalue weighted by Gasteiger charge is -2.26. The molecule has 1 saturated carbocycles. The molecule has 0 spiro atoms. The van der Waals surface area contributed by atoms with Crippen LogP contribution in [-0.2, 0) is 17.8 Å². The van der Waals surface area contributed by atoms with Gasteiger partial charge in [-0.25, -0.2) is 0 Å². The summed E-state index contributed by atoms with van der Waals surface area (Å²) in [6.45, 7) is 2.95. The number of hydrogen-bond donors (Lipinski definition) is 0. The maximum Gasteiger partial charge on any atom is 0.0908 e. The summed E-state index contributed by atoms with van der Waals surface area (Å²) < 4.78 is 6.05. The molecule has 22 heavy (non-hydrogen) atoms. The molecule has 1 aliphatic rings. The predicted octanol–water partition coefficient (Wildman–Crippen LogP) is 5.18. The van der Waals surface area contributed by atoms with Crippen molar-refractivity contribution in [3.8, 4) is 6.07 Å². The number of ether oxygens (including phenoxy) is 1. The quantitative estimate of drug-likeness (QED) is 0.649. The van der Waals surface area contributed by atoms with Crippen LogP contribution < -0.4 is 0 Å².